The van der Waals surface area contributed by atoms with Gasteiger partial charge in [-0.25, -0.2) is 9.97 Å². The first-order valence-electron chi connectivity index (χ1n) is 7.47. The number of hydrogen-bond acceptors (Lipinski definition) is 5. The van der Waals surface area contributed by atoms with Crippen LogP contribution in [-0.2, 0) is 0 Å². The number of para-hydroxylation sites is 2. The Labute approximate surface area is 138 Å². The van der Waals surface area contributed by atoms with Crippen LogP contribution >= 0.6 is 0 Å². The molecule has 0 aliphatic rings. The van der Waals surface area contributed by atoms with Crippen molar-refractivity contribution in [3.05, 3.63) is 48.7 Å². The fourth-order valence-electron chi connectivity index (χ4n) is 2.90. The van der Waals surface area contributed by atoms with Crippen LogP contribution in [0.4, 0.5) is 5.82 Å². The minimum Gasteiger partial charge on any atom is -0.493 e. The molecule has 120 valence electrons. The van der Waals surface area contributed by atoms with Crippen molar-refractivity contribution < 1.29 is 9.47 Å². The van der Waals surface area contributed by atoms with Gasteiger partial charge in [-0.3, -0.25) is 4.40 Å². The monoisotopic (exact) mass is 320 g/mol. The summed E-state index contributed by atoms with van der Waals surface area (Å²) in [4.78, 5) is 8.87. The maximum absolute atomic E-state index is 6.08. The lowest BCUT2D eigenvalue weighted by Gasteiger charge is -2.11. The Balaban J connectivity index is 2.04. The van der Waals surface area contributed by atoms with Gasteiger partial charge in [-0.1, -0.05) is 12.1 Å². The van der Waals surface area contributed by atoms with Crippen molar-refractivity contribution in [1.82, 2.24) is 14.4 Å². The third-order valence-electron chi connectivity index (χ3n) is 4.03. The molecule has 0 radical (unpaired) electrons. The van der Waals surface area contributed by atoms with Gasteiger partial charge in [0.05, 0.1) is 37.1 Å². The molecule has 24 heavy (non-hydrogen) atoms. The van der Waals surface area contributed by atoms with E-state index in [2.05, 4.69) is 9.97 Å². The average Bonchev–Trinajstić information content (AvgIpc) is 3.07. The van der Waals surface area contributed by atoms with Gasteiger partial charge in [0.25, 0.3) is 0 Å². The Bertz CT molecular complexity index is 1060. The first-order chi connectivity index (χ1) is 11.7. The predicted octanol–water partition coefficient (Wildman–Crippen LogP) is 3.15. The van der Waals surface area contributed by atoms with E-state index in [9.17, 15) is 0 Å². The molecule has 0 saturated carbocycles. The zero-order chi connectivity index (χ0) is 16.7. The van der Waals surface area contributed by atoms with E-state index >= 15 is 0 Å². The Morgan fingerprint density at radius 1 is 1.00 bits per heavy atom. The Hall–Kier alpha value is -3.28. The number of rotatable bonds is 3. The molecule has 0 bridgehead atoms. The summed E-state index contributed by atoms with van der Waals surface area (Å²) in [5, 5.41) is 0. The minimum absolute atomic E-state index is 0.403. The van der Waals surface area contributed by atoms with Gasteiger partial charge >= 0.3 is 0 Å². The second-order valence-electron chi connectivity index (χ2n) is 5.36. The van der Waals surface area contributed by atoms with E-state index in [1.807, 2.05) is 46.9 Å². The molecule has 0 atom stereocenters. The summed E-state index contributed by atoms with van der Waals surface area (Å²) in [5.74, 6) is 1.75. The van der Waals surface area contributed by atoms with E-state index in [1.54, 1.807) is 20.4 Å². The molecule has 2 heterocycles. The molecular weight excluding hydrogens is 304 g/mol. The highest BCUT2D eigenvalue weighted by Gasteiger charge is 2.14. The molecule has 0 spiro atoms. The van der Waals surface area contributed by atoms with Gasteiger partial charge in [-0.05, 0) is 30.3 Å². The topological polar surface area (TPSA) is 74.7 Å². The molecule has 0 fully saturated rings. The van der Waals surface area contributed by atoms with Crippen LogP contribution in [0, 0.1) is 0 Å². The van der Waals surface area contributed by atoms with Crippen molar-refractivity contribution in [2.75, 3.05) is 20.0 Å². The summed E-state index contributed by atoms with van der Waals surface area (Å²) in [6, 6.07) is 13.6. The van der Waals surface area contributed by atoms with Crippen LogP contribution in [0.3, 0.4) is 0 Å². The van der Waals surface area contributed by atoms with Crippen molar-refractivity contribution in [2.24, 2.45) is 0 Å². The number of nitrogens with two attached hydrogens (primary N) is 1. The summed E-state index contributed by atoms with van der Waals surface area (Å²) < 4.78 is 12.7. The number of benzene rings is 2. The smallest absolute Gasteiger partial charge is 0.180 e. The third-order valence-corrected chi connectivity index (χ3v) is 4.03. The lowest BCUT2D eigenvalue weighted by atomic mass is 10.1. The number of nitrogens with zero attached hydrogens (tertiary/aromatic N) is 3. The Kier molecular flexibility index (Phi) is 3.23. The van der Waals surface area contributed by atoms with E-state index in [4.69, 9.17) is 15.2 Å². The number of fused-ring (bicyclic) bond motifs is 3. The summed E-state index contributed by atoms with van der Waals surface area (Å²) in [6.45, 7) is 0. The van der Waals surface area contributed by atoms with Crippen LogP contribution in [0.2, 0.25) is 0 Å². The molecule has 0 aliphatic heterocycles. The number of aromatic nitrogens is 3. The normalized spacial score (nSPS) is 11.1. The van der Waals surface area contributed by atoms with Crippen LogP contribution in [0.1, 0.15) is 0 Å². The predicted molar refractivity (Wildman–Crippen MR) is 93.4 cm³/mol. The largest absolute Gasteiger partial charge is 0.493 e. The third kappa shape index (κ3) is 2.04. The molecule has 0 amide bonds. The van der Waals surface area contributed by atoms with E-state index in [0.29, 0.717) is 23.0 Å². The SMILES string of the molecule is COc1ccc(-c2cnc3c(N)nc4ccccc4n23)cc1OC. The van der Waals surface area contributed by atoms with E-state index in [1.165, 1.54) is 0 Å². The average molecular weight is 320 g/mol. The molecule has 2 aromatic heterocycles. The first-order valence-corrected chi connectivity index (χ1v) is 7.47. The van der Waals surface area contributed by atoms with E-state index < -0.39 is 0 Å². The van der Waals surface area contributed by atoms with Crippen LogP contribution in [0.5, 0.6) is 11.5 Å². The number of anilines is 1. The quantitative estimate of drug-likeness (QED) is 0.627. The standard InChI is InChI=1S/C18H16N4O2/c1-23-15-8-7-11(9-16(15)24-2)14-10-20-18-17(19)21-12-5-3-4-6-13(12)22(14)18/h3-10H,1-2H3,(H2,19,21). The summed E-state index contributed by atoms with van der Waals surface area (Å²) >= 11 is 0. The van der Waals surface area contributed by atoms with Gasteiger partial charge in [0.1, 0.15) is 0 Å². The van der Waals surface area contributed by atoms with E-state index in [0.717, 1.165) is 22.3 Å². The fraction of sp³-hybridized carbons (Fsp3) is 0.111. The highest BCUT2D eigenvalue weighted by Crippen LogP contribution is 2.34. The maximum atomic E-state index is 6.08. The number of hydrogen-bond donors (Lipinski definition) is 1. The van der Waals surface area contributed by atoms with Gasteiger partial charge < -0.3 is 15.2 Å². The Morgan fingerprint density at radius 2 is 1.79 bits per heavy atom. The molecule has 0 unspecified atom stereocenters. The fourth-order valence-corrected chi connectivity index (χ4v) is 2.90. The number of imidazole rings is 1. The lowest BCUT2D eigenvalue weighted by molar-refractivity contribution is 0.355. The molecule has 0 aliphatic carbocycles. The number of ether oxygens (including phenoxy) is 2. The zero-order valence-electron chi connectivity index (χ0n) is 13.4. The van der Waals surface area contributed by atoms with Gasteiger partial charge in [0.15, 0.2) is 23.0 Å². The van der Waals surface area contributed by atoms with Crippen molar-refractivity contribution in [3.63, 3.8) is 0 Å². The maximum Gasteiger partial charge on any atom is 0.180 e. The lowest BCUT2D eigenvalue weighted by Crippen LogP contribution is -2.00. The second kappa shape index (κ2) is 5.42. The molecule has 6 nitrogen and oxygen atoms in total. The summed E-state index contributed by atoms with van der Waals surface area (Å²) in [7, 11) is 3.24. The van der Waals surface area contributed by atoms with E-state index in [-0.39, 0.29) is 0 Å². The molecule has 2 N–H and O–H groups in total. The van der Waals surface area contributed by atoms with Gasteiger partial charge in [-0.15, -0.1) is 0 Å². The molecule has 2 aromatic carbocycles. The van der Waals surface area contributed by atoms with Gasteiger partial charge in [-0.2, -0.15) is 0 Å². The van der Waals surface area contributed by atoms with Crippen molar-refractivity contribution in [3.8, 4) is 22.8 Å². The van der Waals surface area contributed by atoms with Crippen molar-refractivity contribution in [1.29, 1.82) is 0 Å². The van der Waals surface area contributed by atoms with Crippen molar-refractivity contribution >= 4 is 22.5 Å². The summed E-state index contributed by atoms with van der Waals surface area (Å²) in [6.07, 6.45) is 1.79. The molecule has 0 saturated heterocycles. The van der Waals surface area contributed by atoms with Crippen LogP contribution in [0.15, 0.2) is 48.7 Å². The molecule has 6 heteroatoms. The minimum atomic E-state index is 0.403. The first kappa shape index (κ1) is 14.3. The van der Waals surface area contributed by atoms with Crippen LogP contribution in [0.25, 0.3) is 27.9 Å². The second-order valence-corrected chi connectivity index (χ2v) is 5.36. The van der Waals surface area contributed by atoms with Gasteiger partial charge in [0.2, 0.25) is 0 Å². The summed E-state index contributed by atoms with van der Waals surface area (Å²) in [5.41, 5.74) is 10.4. The molecule has 4 rings (SSSR count). The molecule has 4 aromatic rings. The highest BCUT2D eigenvalue weighted by molar-refractivity contribution is 5.85. The highest BCUT2D eigenvalue weighted by atomic mass is 16.5. The molecular formula is C18H16N4O2. The van der Waals surface area contributed by atoms with Crippen LogP contribution in [-0.4, -0.2) is 28.6 Å². The van der Waals surface area contributed by atoms with Crippen molar-refractivity contribution in [2.45, 2.75) is 0 Å². The van der Waals surface area contributed by atoms with Crippen LogP contribution < -0.4 is 15.2 Å². The Morgan fingerprint density at radius 3 is 2.58 bits per heavy atom. The van der Waals surface area contributed by atoms with Gasteiger partial charge in [0, 0.05) is 5.56 Å². The number of methoxy groups -OCH3 is 2. The zero-order valence-corrected chi connectivity index (χ0v) is 13.4. The number of nitrogen functional groups attached to an aromatic ring is 1.